The molecule has 4 N–H and O–H groups in total. The number of unbranched alkanes of at least 4 members (excludes halogenated alkanes) is 9. The van der Waals surface area contributed by atoms with Crippen LogP contribution in [0.25, 0.3) is 0 Å². The minimum Gasteiger partial charge on any atom is -0.370 e. The Morgan fingerprint density at radius 3 is 1.11 bits per heavy atom. The first-order chi connectivity index (χ1) is 13.8. The van der Waals surface area contributed by atoms with Gasteiger partial charge in [0.1, 0.15) is 0 Å². The lowest BCUT2D eigenvalue weighted by molar-refractivity contribution is 0.507. The fraction of sp³-hybridized carbons (Fsp3) is 0.909. The first-order valence-electron chi connectivity index (χ1n) is 11.9. The molecule has 0 aliphatic carbocycles. The Morgan fingerprint density at radius 1 is 0.500 bits per heavy atom. The zero-order valence-electron chi connectivity index (χ0n) is 18.1. The number of aliphatic imine (C=N–C) groups is 2. The van der Waals surface area contributed by atoms with E-state index in [2.05, 4.69) is 19.8 Å². The number of nitrogens with two attached hydrogens (primary N) is 2. The van der Waals surface area contributed by atoms with Crippen molar-refractivity contribution in [1.29, 1.82) is 0 Å². The Hall–Kier alpha value is -1.46. The number of nitrogens with zero attached hydrogens (tertiary/aromatic N) is 4. The number of hydrogen-bond acceptors (Lipinski definition) is 2. The van der Waals surface area contributed by atoms with Crippen molar-refractivity contribution >= 4 is 11.9 Å². The van der Waals surface area contributed by atoms with Gasteiger partial charge in [-0.2, -0.15) is 0 Å². The van der Waals surface area contributed by atoms with E-state index in [0.717, 1.165) is 51.2 Å². The number of hydrogen-bond donors (Lipinski definition) is 2. The summed E-state index contributed by atoms with van der Waals surface area (Å²) in [5.41, 5.74) is 12.0. The fourth-order valence-electron chi connectivity index (χ4n) is 4.12. The van der Waals surface area contributed by atoms with E-state index in [4.69, 9.17) is 11.5 Å². The molecule has 6 nitrogen and oxygen atoms in total. The van der Waals surface area contributed by atoms with Gasteiger partial charge in [-0.1, -0.05) is 51.4 Å². The zero-order valence-corrected chi connectivity index (χ0v) is 18.1. The molecule has 2 saturated heterocycles. The van der Waals surface area contributed by atoms with Crippen molar-refractivity contribution in [3.8, 4) is 0 Å². The molecule has 2 fully saturated rings. The maximum atomic E-state index is 6.02. The third-order valence-corrected chi connectivity index (χ3v) is 5.97. The van der Waals surface area contributed by atoms with Gasteiger partial charge in [0.05, 0.1) is 0 Å². The monoisotopic (exact) mass is 392 g/mol. The van der Waals surface area contributed by atoms with Crippen molar-refractivity contribution < 1.29 is 0 Å². The second-order valence-corrected chi connectivity index (χ2v) is 8.40. The van der Waals surface area contributed by atoms with Crippen LogP contribution in [0.5, 0.6) is 0 Å². The largest absolute Gasteiger partial charge is 0.370 e. The van der Waals surface area contributed by atoms with Crippen LogP contribution in [0, 0.1) is 0 Å². The summed E-state index contributed by atoms with van der Waals surface area (Å²) in [5.74, 6) is 1.53. The molecule has 0 bridgehead atoms. The summed E-state index contributed by atoms with van der Waals surface area (Å²) in [5, 5.41) is 0. The molecule has 28 heavy (non-hydrogen) atoms. The van der Waals surface area contributed by atoms with E-state index in [1.807, 2.05) is 0 Å². The van der Waals surface area contributed by atoms with E-state index in [1.54, 1.807) is 0 Å². The maximum Gasteiger partial charge on any atom is 0.191 e. The molecule has 0 spiro atoms. The lowest BCUT2D eigenvalue weighted by Crippen LogP contribution is -2.34. The van der Waals surface area contributed by atoms with Gasteiger partial charge in [0.2, 0.25) is 0 Å². The van der Waals surface area contributed by atoms with Crippen molar-refractivity contribution in [2.75, 3.05) is 39.3 Å². The summed E-state index contributed by atoms with van der Waals surface area (Å²) in [7, 11) is 0. The lowest BCUT2D eigenvalue weighted by atomic mass is 10.1. The zero-order chi connectivity index (χ0) is 19.9. The molecule has 2 rings (SSSR count). The predicted octanol–water partition coefficient (Wildman–Crippen LogP) is 3.71. The first kappa shape index (κ1) is 22.8. The summed E-state index contributed by atoms with van der Waals surface area (Å²) < 4.78 is 0. The van der Waals surface area contributed by atoms with Crippen LogP contribution in [0.15, 0.2) is 9.98 Å². The van der Waals surface area contributed by atoms with Gasteiger partial charge in [-0.3, -0.25) is 9.98 Å². The summed E-state index contributed by atoms with van der Waals surface area (Å²) in [4.78, 5) is 13.5. The average Bonchev–Trinajstić information content (AvgIpc) is 3.41. The average molecular weight is 393 g/mol. The number of likely N-dealkylation sites (tertiary alicyclic amines) is 2. The first-order valence-corrected chi connectivity index (χ1v) is 11.9. The Labute approximate surface area is 172 Å². The van der Waals surface area contributed by atoms with Crippen LogP contribution in [0.4, 0.5) is 0 Å². The van der Waals surface area contributed by atoms with Gasteiger partial charge < -0.3 is 21.3 Å². The molecule has 0 atom stereocenters. The molecule has 0 aromatic heterocycles. The molecular formula is C22H44N6. The normalized spacial score (nSPS) is 18.4. The minimum absolute atomic E-state index is 0.766. The topological polar surface area (TPSA) is 83.2 Å². The molecule has 2 aliphatic rings. The summed E-state index contributed by atoms with van der Waals surface area (Å²) in [6.45, 7) is 6.16. The third kappa shape index (κ3) is 9.65. The molecule has 0 saturated carbocycles. The second-order valence-electron chi connectivity index (χ2n) is 8.40. The number of rotatable bonds is 13. The second kappa shape index (κ2) is 14.5. The summed E-state index contributed by atoms with van der Waals surface area (Å²) in [6, 6.07) is 0. The van der Waals surface area contributed by atoms with Crippen molar-refractivity contribution in [2.45, 2.75) is 89.9 Å². The highest BCUT2D eigenvalue weighted by atomic mass is 15.3. The predicted molar refractivity (Wildman–Crippen MR) is 121 cm³/mol. The van der Waals surface area contributed by atoms with Crippen LogP contribution in [0.2, 0.25) is 0 Å². The van der Waals surface area contributed by atoms with Gasteiger partial charge in [-0.05, 0) is 38.5 Å². The fourth-order valence-corrected chi connectivity index (χ4v) is 4.12. The Morgan fingerprint density at radius 2 is 0.786 bits per heavy atom. The van der Waals surface area contributed by atoms with E-state index < -0.39 is 0 Å². The van der Waals surface area contributed by atoms with E-state index in [9.17, 15) is 0 Å². The highest BCUT2D eigenvalue weighted by molar-refractivity contribution is 5.78. The minimum atomic E-state index is 0.766. The van der Waals surface area contributed by atoms with Crippen LogP contribution in [-0.2, 0) is 0 Å². The smallest absolute Gasteiger partial charge is 0.191 e. The molecule has 0 unspecified atom stereocenters. The molecule has 0 radical (unpaired) electrons. The van der Waals surface area contributed by atoms with Gasteiger partial charge in [0.15, 0.2) is 11.9 Å². The SMILES string of the molecule is NC(=NCCCCCCCCCCCCN=C(N)N1CCCC1)N1CCCC1. The van der Waals surface area contributed by atoms with Gasteiger partial charge >= 0.3 is 0 Å². The van der Waals surface area contributed by atoms with Crippen LogP contribution in [0.1, 0.15) is 89.9 Å². The molecule has 0 aromatic carbocycles. The highest BCUT2D eigenvalue weighted by Gasteiger charge is 2.13. The van der Waals surface area contributed by atoms with E-state index >= 15 is 0 Å². The van der Waals surface area contributed by atoms with Crippen molar-refractivity contribution in [2.24, 2.45) is 21.5 Å². The molecular weight excluding hydrogens is 348 g/mol. The Kier molecular flexibility index (Phi) is 11.8. The summed E-state index contributed by atoms with van der Waals surface area (Å²) in [6.07, 6.45) is 18.1. The van der Waals surface area contributed by atoms with E-state index in [1.165, 1.54) is 89.9 Å². The lowest BCUT2D eigenvalue weighted by Gasteiger charge is -2.15. The number of guanidine groups is 2. The third-order valence-electron chi connectivity index (χ3n) is 5.97. The van der Waals surface area contributed by atoms with Crippen LogP contribution < -0.4 is 11.5 Å². The van der Waals surface area contributed by atoms with Gasteiger partial charge in [0, 0.05) is 39.3 Å². The van der Waals surface area contributed by atoms with Crippen LogP contribution >= 0.6 is 0 Å². The molecule has 162 valence electrons. The van der Waals surface area contributed by atoms with Gasteiger partial charge in [-0.15, -0.1) is 0 Å². The molecule has 0 amide bonds. The summed E-state index contributed by atoms with van der Waals surface area (Å²) >= 11 is 0. The Balaban J connectivity index is 1.30. The quantitative estimate of drug-likeness (QED) is 0.284. The standard InChI is InChI=1S/C22H44N6/c23-21(27-17-11-12-18-27)25-15-9-7-5-3-1-2-4-6-8-10-16-26-22(24)28-19-13-14-20-28/h1-20H2,(H2,23,25)(H2,24,26). The van der Waals surface area contributed by atoms with Crippen LogP contribution in [0.3, 0.4) is 0 Å². The Bertz CT molecular complexity index is 408. The van der Waals surface area contributed by atoms with Gasteiger partial charge in [-0.25, -0.2) is 0 Å². The van der Waals surface area contributed by atoms with Crippen LogP contribution in [-0.4, -0.2) is 61.0 Å². The molecule has 2 aliphatic heterocycles. The van der Waals surface area contributed by atoms with Crippen molar-refractivity contribution in [1.82, 2.24) is 9.80 Å². The van der Waals surface area contributed by atoms with Crippen molar-refractivity contribution in [3.05, 3.63) is 0 Å². The maximum absolute atomic E-state index is 6.02. The molecule has 2 heterocycles. The molecule has 0 aromatic rings. The molecule has 6 heteroatoms. The van der Waals surface area contributed by atoms with Crippen molar-refractivity contribution in [3.63, 3.8) is 0 Å². The van der Waals surface area contributed by atoms with E-state index in [-0.39, 0.29) is 0 Å². The van der Waals surface area contributed by atoms with E-state index in [0.29, 0.717) is 0 Å². The van der Waals surface area contributed by atoms with Gasteiger partial charge in [0.25, 0.3) is 0 Å². The highest BCUT2D eigenvalue weighted by Crippen LogP contribution is 2.11.